The van der Waals surface area contributed by atoms with Crippen molar-refractivity contribution in [2.75, 3.05) is 11.8 Å². The molecule has 0 amide bonds. The summed E-state index contributed by atoms with van der Waals surface area (Å²) in [6, 6.07) is 10.2. The molecule has 2 aromatic carbocycles. The lowest BCUT2D eigenvalue weighted by molar-refractivity contribution is 0.598. The minimum absolute atomic E-state index is 0.0737. The van der Waals surface area contributed by atoms with Gasteiger partial charge in [0.1, 0.15) is 5.82 Å². The maximum Gasteiger partial charge on any atom is 0.261 e. The molecule has 0 bridgehead atoms. The molecule has 2 N–H and O–H groups in total. The Morgan fingerprint density at radius 3 is 2.62 bits per heavy atom. The second kappa shape index (κ2) is 6.43. The molecule has 21 heavy (non-hydrogen) atoms. The number of halogens is 2. The minimum atomic E-state index is -3.85. The third-order valence-corrected chi connectivity index (χ3v) is 4.36. The van der Waals surface area contributed by atoms with Gasteiger partial charge in [0.05, 0.1) is 10.6 Å². The second-order valence-corrected chi connectivity index (χ2v) is 6.53. The van der Waals surface area contributed by atoms with Crippen LogP contribution in [0.4, 0.5) is 10.1 Å². The van der Waals surface area contributed by atoms with Crippen LogP contribution in [0.5, 0.6) is 0 Å². The lowest BCUT2D eigenvalue weighted by atomic mass is 10.2. The van der Waals surface area contributed by atoms with Crippen molar-refractivity contribution in [2.24, 2.45) is 0 Å². The number of hydrogen-bond donors (Lipinski definition) is 2. The number of nitrogens with one attached hydrogen (secondary N) is 2. The maximum atomic E-state index is 13.7. The summed E-state index contributed by atoms with van der Waals surface area (Å²) < 4.78 is 40.4. The summed E-state index contributed by atoms with van der Waals surface area (Å²) in [5.74, 6) is -0.725. The molecular formula is C14H14ClFN2O2S. The molecule has 112 valence electrons. The van der Waals surface area contributed by atoms with Crippen molar-refractivity contribution < 1.29 is 12.8 Å². The van der Waals surface area contributed by atoms with Crippen LogP contribution in [0.25, 0.3) is 0 Å². The standard InChI is InChI=1S/C14H14ClFN2O2S/c1-17-9-10-3-2-4-12(7-10)21(19,20)18-14-6-5-11(15)8-13(14)16/h2-8,17-18H,9H2,1H3. The van der Waals surface area contributed by atoms with Gasteiger partial charge >= 0.3 is 0 Å². The van der Waals surface area contributed by atoms with Gasteiger partial charge in [-0.25, -0.2) is 12.8 Å². The molecule has 0 saturated carbocycles. The molecule has 0 aliphatic carbocycles. The smallest absolute Gasteiger partial charge is 0.261 e. The van der Waals surface area contributed by atoms with E-state index in [4.69, 9.17) is 11.6 Å². The van der Waals surface area contributed by atoms with Crippen LogP contribution in [-0.2, 0) is 16.6 Å². The Bertz CT molecular complexity index is 750. The molecular weight excluding hydrogens is 315 g/mol. The zero-order valence-corrected chi connectivity index (χ0v) is 12.8. The largest absolute Gasteiger partial charge is 0.316 e. The summed E-state index contributed by atoms with van der Waals surface area (Å²) >= 11 is 5.64. The van der Waals surface area contributed by atoms with Gasteiger partial charge in [0.15, 0.2) is 0 Å². The molecule has 2 rings (SSSR count). The fourth-order valence-electron chi connectivity index (χ4n) is 1.80. The minimum Gasteiger partial charge on any atom is -0.316 e. The molecule has 0 aliphatic heterocycles. The first kappa shape index (κ1) is 15.8. The van der Waals surface area contributed by atoms with Crippen molar-refractivity contribution in [3.63, 3.8) is 0 Å². The summed E-state index contributed by atoms with van der Waals surface area (Å²) in [7, 11) is -2.08. The van der Waals surface area contributed by atoms with E-state index in [1.807, 2.05) is 0 Å². The average Bonchev–Trinajstić information content (AvgIpc) is 2.43. The Morgan fingerprint density at radius 1 is 1.19 bits per heavy atom. The van der Waals surface area contributed by atoms with Gasteiger partial charge in [0.25, 0.3) is 10.0 Å². The Kier molecular flexibility index (Phi) is 4.82. The lowest BCUT2D eigenvalue weighted by Gasteiger charge is -2.10. The highest BCUT2D eigenvalue weighted by atomic mass is 35.5. The molecule has 7 heteroatoms. The topological polar surface area (TPSA) is 58.2 Å². The molecule has 0 unspecified atom stereocenters. The van der Waals surface area contributed by atoms with Gasteiger partial charge in [-0.05, 0) is 42.9 Å². The number of anilines is 1. The highest BCUT2D eigenvalue weighted by Crippen LogP contribution is 2.22. The Hall–Kier alpha value is -1.63. The van der Waals surface area contributed by atoms with E-state index >= 15 is 0 Å². The van der Waals surface area contributed by atoms with Gasteiger partial charge in [0, 0.05) is 11.6 Å². The third kappa shape index (κ3) is 3.93. The van der Waals surface area contributed by atoms with Crippen molar-refractivity contribution in [2.45, 2.75) is 11.4 Å². The van der Waals surface area contributed by atoms with E-state index in [1.54, 1.807) is 19.2 Å². The van der Waals surface area contributed by atoms with Crippen LogP contribution in [0.3, 0.4) is 0 Å². The number of hydrogen-bond acceptors (Lipinski definition) is 3. The Labute approximate surface area is 128 Å². The molecule has 2 aromatic rings. The second-order valence-electron chi connectivity index (χ2n) is 4.41. The summed E-state index contributed by atoms with van der Waals surface area (Å²) in [5.41, 5.74) is 0.676. The first-order valence-electron chi connectivity index (χ1n) is 6.14. The van der Waals surface area contributed by atoms with Crippen molar-refractivity contribution in [1.82, 2.24) is 5.32 Å². The van der Waals surface area contributed by atoms with E-state index in [-0.39, 0.29) is 15.6 Å². The summed E-state index contributed by atoms with van der Waals surface area (Å²) in [4.78, 5) is 0.0737. The van der Waals surface area contributed by atoms with Gasteiger partial charge in [0.2, 0.25) is 0 Å². The van der Waals surface area contributed by atoms with Crippen molar-refractivity contribution >= 4 is 27.3 Å². The van der Waals surface area contributed by atoms with E-state index in [0.717, 1.165) is 11.6 Å². The molecule has 0 fully saturated rings. The molecule has 0 aromatic heterocycles. The van der Waals surface area contributed by atoms with Crippen LogP contribution < -0.4 is 10.0 Å². The van der Waals surface area contributed by atoms with Gasteiger partial charge in [-0.3, -0.25) is 4.72 Å². The van der Waals surface area contributed by atoms with Crippen molar-refractivity contribution in [1.29, 1.82) is 0 Å². The summed E-state index contributed by atoms with van der Waals surface area (Å²) in [6.07, 6.45) is 0. The number of sulfonamides is 1. The first-order valence-corrected chi connectivity index (χ1v) is 8.00. The third-order valence-electron chi connectivity index (χ3n) is 2.77. The van der Waals surface area contributed by atoms with Crippen LogP contribution in [0.2, 0.25) is 5.02 Å². The monoisotopic (exact) mass is 328 g/mol. The molecule has 0 aliphatic rings. The van der Waals surface area contributed by atoms with Gasteiger partial charge in [-0.1, -0.05) is 23.7 Å². The predicted molar refractivity (Wildman–Crippen MR) is 81.4 cm³/mol. The van der Waals surface area contributed by atoms with Gasteiger partial charge in [-0.2, -0.15) is 0 Å². The van der Waals surface area contributed by atoms with Crippen LogP contribution >= 0.6 is 11.6 Å². The van der Waals surface area contributed by atoms with Gasteiger partial charge < -0.3 is 5.32 Å². The van der Waals surface area contributed by atoms with E-state index < -0.39 is 15.8 Å². The van der Waals surface area contributed by atoms with E-state index in [9.17, 15) is 12.8 Å². The van der Waals surface area contributed by atoms with Crippen LogP contribution in [-0.4, -0.2) is 15.5 Å². The van der Waals surface area contributed by atoms with E-state index in [1.165, 1.54) is 24.3 Å². The van der Waals surface area contributed by atoms with E-state index in [2.05, 4.69) is 10.0 Å². The number of benzene rings is 2. The highest BCUT2D eigenvalue weighted by molar-refractivity contribution is 7.92. The summed E-state index contributed by atoms with van der Waals surface area (Å²) in [5, 5.41) is 3.14. The number of rotatable bonds is 5. The fourth-order valence-corrected chi connectivity index (χ4v) is 3.10. The molecule has 0 atom stereocenters. The quantitative estimate of drug-likeness (QED) is 0.887. The lowest BCUT2D eigenvalue weighted by Crippen LogP contribution is -2.15. The molecule has 0 radical (unpaired) electrons. The molecule has 0 spiro atoms. The Morgan fingerprint density at radius 2 is 1.95 bits per heavy atom. The average molecular weight is 329 g/mol. The van der Waals surface area contributed by atoms with Crippen LogP contribution in [0.15, 0.2) is 47.4 Å². The molecule has 0 heterocycles. The van der Waals surface area contributed by atoms with E-state index in [0.29, 0.717) is 6.54 Å². The fraction of sp³-hybridized carbons (Fsp3) is 0.143. The molecule has 4 nitrogen and oxygen atoms in total. The van der Waals surface area contributed by atoms with Crippen molar-refractivity contribution in [3.8, 4) is 0 Å². The zero-order valence-electron chi connectivity index (χ0n) is 11.2. The normalized spacial score (nSPS) is 11.4. The van der Waals surface area contributed by atoms with Crippen molar-refractivity contribution in [3.05, 3.63) is 58.9 Å². The Balaban J connectivity index is 2.31. The SMILES string of the molecule is CNCc1cccc(S(=O)(=O)Nc2ccc(Cl)cc2F)c1. The first-order chi connectivity index (χ1) is 9.92. The van der Waals surface area contributed by atoms with Gasteiger partial charge in [-0.15, -0.1) is 0 Å². The maximum absolute atomic E-state index is 13.7. The predicted octanol–water partition coefficient (Wildman–Crippen LogP) is 3.00. The zero-order chi connectivity index (χ0) is 15.5. The highest BCUT2D eigenvalue weighted by Gasteiger charge is 2.16. The van der Waals surface area contributed by atoms with Crippen LogP contribution in [0.1, 0.15) is 5.56 Å². The van der Waals surface area contributed by atoms with Crippen LogP contribution in [0, 0.1) is 5.82 Å². The summed E-state index contributed by atoms with van der Waals surface area (Å²) in [6.45, 7) is 0.540. The molecule has 0 saturated heterocycles.